The number of epoxide rings is 2. The van der Waals surface area contributed by atoms with Crippen molar-refractivity contribution in [2.24, 2.45) is 0 Å². The minimum absolute atomic E-state index is 0.646. The highest BCUT2D eigenvalue weighted by atomic mass is 16.6. The molecule has 2 aliphatic heterocycles. The molecule has 0 radical (unpaired) electrons. The predicted molar refractivity (Wildman–Crippen MR) is 130 cm³/mol. The van der Waals surface area contributed by atoms with E-state index in [9.17, 15) is 0 Å². The number of hydrogen-bond donors (Lipinski definition) is 0. The first-order chi connectivity index (χ1) is 14.9. The van der Waals surface area contributed by atoms with Crippen molar-refractivity contribution in [3.05, 3.63) is 0 Å². The molecule has 0 spiro atoms. The summed E-state index contributed by atoms with van der Waals surface area (Å²) < 4.78 is 10.5. The van der Waals surface area contributed by atoms with E-state index >= 15 is 0 Å². The number of unbranched alkanes of at least 4 members (excludes halogenated alkanes) is 21. The van der Waals surface area contributed by atoms with Gasteiger partial charge >= 0.3 is 0 Å². The Morgan fingerprint density at radius 2 is 0.467 bits per heavy atom. The molecule has 2 nitrogen and oxygen atoms in total. The third-order valence-electron chi connectivity index (χ3n) is 7.11. The molecule has 0 aromatic rings. The van der Waals surface area contributed by atoms with Crippen molar-refractivity contribution < 1.29 is 9.47 Å². The lowest BCUT2D eigenvalue weighted by Crippen LogP contribution is -1.86. The lowest BCUT2D eigenvalue weighted by Gasteiger charge is -2.04. The molecule has 2 fully saturated rings. The molecule has 0 aliphatic carbocycles. The van der Waals surface area contributed by atoms with Crippen molar-refractivity contribution >= 4 is 0 Å². The Morgan fingerprint density at radius 3 is 0.633 bits per heavy atom. The van der Waals surface area contributed by atoms with Crippen molar-refractivity contribution in [2.45, 2.75) is 166 Å². The molecule has 2 heteroatoms. The average Bonchev–Trinajstić information content (AvgIpc) is 3.66. The van der Waals surface area contributed by atoms with E-state index in [1.165, 1.54) is 154 Å². The molecule has 30 heavy (non-hydrogen) atoms. The van der Waals surface area contributed by atoms with Crippen molar-refractivity contribution in [3.8, 4) is 0 Å². The molecule has 178 valence electrons. The molecule has 0 N–H and O–H groups in total. The Morgan fingerprint density at radius 1 is 0.300 bits per heavy atom. The Bertz CT molecular complexity index is 315. The maximum atomic E-state index is 5.26. The minimum atomic E-state index is 0.646. The first-order valence-corrected chi connectivity index (χ1v) is 14.2. The third-order valence-corrected chi connectivity index (χ3v) is 7.11. The van der Waals surface area contributed by atoms with Crippen LogP contribution >= 0.6 is 0 Å². The molecule has 2 saturated heterocycles. The SMILES string of the molecule is C(CCCCCCCCCCCCC1CO1)CCCCCCCCCCCC1CO1. The molecular weight excluding hydrogens is 368 g/mol. The molecule has 2 unspecified atom stereocenters. The van der Waals surface area contributed by atoms with E-state index in [1.807, 2.05) is 0 Å². The third kappa shape index (κ3) is 18.7. The zero-order valence-corrected chi connectivity index (χ0v) is 20.4. The van der Waals surface area contributed by atoms with Gasteiger partial charge < -0.3 is 9.47 Å². The largest absolute Gasteiger partial charge is 0.373 e. The molecule has 0 amide bonds. The van der Waals surface area contributed by atoms with Gasteiger partial charge in [-0.2, -0.15) is 0 Å². The molecule has 0 aromatic carbocycles. The summed E-state index contributed by atoms with van der Waals surface area (Å²) in [5.41, 5.74) is 0. The van der Waals surface area contributed by atoms with Gasteiger partial charge in [-0.3, -0.25) is 0 Å². The van der Waals surface area contributed by atoms with Crippen LogP contribution in [0.15, 0.2) is 0 Å². The van der Waals surface area contributed by atoms with E-state index in [4.69, 9.17) is 9.47 Å². The zero-order chi connectivity index (χ0) is 21.0. The molecule has 2 heterocycles. The van der Waals surface area contributed by atoms with E-state index in [1.54, 1.807) is 0 Å². The van der Waals surface area contributed by atoms with E-state index in [0.717, 1.165) is 13.2 Å². The van der Waals surface area contributed by atoms with E-state index in [2.05, 4.69) is 0 Å². The summed E-state index contributed by atoms with van der Waals surface area (Å²) in [6.45, 7) is 2.08. The van der Waals surface area contributed by atoms with Crippen molar-refractivity contribution in [1.82, 2.24) is 0 Å². The van der Waals surface area contributed by atoms with Gasteiger partial charge in [0.2, 0.25) is 0 Å². The number of ether oxygens (including phenoxy) is 2. The molecule has 0 bridgehead atoms. The van der Waals surface area contributed by atoms with Crippen molar-refractivity contribution in [2.75, 3.05) is 13.2 Å². The van der Waals surface area contributed by atoms with Crippen LogP contribution in [-0.2, 0) is 9.47 Å². The second-order valence-corrected chi connectivity index (χ2v) is 10.3. The standard InChI is InChI=1S/C28H54O2/c1(3-5-7-9-11-13-15-17-19-21-23-27-25-29-27)2-4-6-8-10-12-14-16-18-20-22-24-28-26-30-28/h27-28H,1-26H2. The molecule has 2 aliphatic rings. The van der Waals surface area contributed by atoms with Crippen molar-refractivity contribution in [1.29, 1.82) is 0 Å². The first kappa shape index (κ1) is 26.2. The summed E-state index contributed by atoms with van der Waals surface area (Å²) in [6, 6.07) is 0. The van der Waals surface area contributed by atoms with Crippen molar-refractivity contribution in [3.63, 3.8) is 0 Å². The first-order valence-electron chi connectivity index (χ1n) is 14.2. The molecule has 2 rings (SSSR count). The summed E-state index contributed by atoms with van der Waals surface area (Å²) in [7, 11) is 0. The van der Waals surface area contributed by atoms with Crippen LogP contribution in [0.4, 0.5) is 0 Å². The molecule has 0 aromatic heterocycles. The summed E-state index contributed by atoms with van der Waals surface area (Å²) in [5.74, 6) is 0. The Labute approximate surface area is 189 Å². The van der Waals surface area contributed by atoms with Gasteiger partial charge in [-0.1, -0.05) is 141 Å². The quantitative estimate of drug-likeness (QED) is 0.108. The van der Waals surface area contributed by atoms with Crippen LogP contribution in [-0.4, -0.2) is 25.4 Å². The van der Waals surface area contributed by atoms with Crippen LogP contribution in [0, 0.1) is 0 Å². The zero-order valence-electron chi connectivity index (χ0n) is 20.4. The molecule has 2 atom stereocenters. The smallest absolute Gasteiger partial charge is 0.0810 e. The monoisotopic (exact) mass is 422 g/mol. The summed E-state index contributed by atoms with van der Waals surface area (Å²) in [4.78, 5) is 0. The Kier molecular flexibility index (Phi) is 17.1. The van der Waals surface area contributed by atoms with Gasteiger partial charge in [0.1, 0.15) is 0 Å². The van der Waals surface area contributed by atoms with Gasteiger partial charge in [0.25, 0.3) is 0 Å². The van der Waals surface area contributed by atoms with Crippen LogP contribution in [0.2, 0.25) is 0 Å². The fraction of sp³-hybridized carbons (Fsp3) is 1.00. The Balaban J connectivity index is 1.12. The van der Waals surface area contributed by atoms with Gasteiger partial charge in [-0.05, 0) is 12.8 Å². The summed E-state index contributed by atoms with van der Waals surface area (Å²) >= 11 is 0. The van der Waals surface area contributed by atoms with E-state index in [-0.39, 0.29) is 0 Å². The maximum Gasteiger partial charge on any atom is 0.0810 e. The summed E-state index contributed by atoms with van der Waals surface area (Å²) in [6.07, 6.45) is 36.1. The van der Waals surface area contributed by atoms with Gasteiger partial charge in [0.15, 0.2) is 0 Å². The highest BCUT2D eigenvalue weighted by molar-refractivity contribution is 4.68. The van der Waals surface area contributed by atoms with Gasteiger partial charge in [-0.15, -0.1) is 0 Å². The average molecular weight is 423 g/mol. The highest BCUT2D eigenvalue weighted by Gasteiger charge is 2.21. The number of rotatable bonds is 25. The van der Waals surface area contributed by atoms with Crippen LogP contribution in [0.1, 0.15) is 154 Å². The topological polar surface area (TPSA) is 25.1 Å². The van der Waals surface area contributed by atoms with Crippen LogP contribution < -0.4 is 0 Å². The fourth-order valence-electron chi connectivity index (χ4n) is 4.75. The lowest BCUT2D eigenvalue weighted by atomic mass is 10.0. The summed E-state index contributed by atoms with van der Waals surface area (Å²) in [5, 5.41) is 0. The molecular formula is C28H54O2. The van der Waals surface area contributed by atoms with Crippen LogP contribution in [0.5, 0.6) is 0 Å². The van der Waals surface area contributed by atoms with E-state index in [0.29, 0.717) is 12.2 Å². The van der Waals surface area contributed by atoms with Gasteiger partial charge in [-0.25, -0.2) is 0 Å². The predicted octanol–water partition coefficient (Wildman–Crippen LogP) is 9.15. The van der Waals surface area contributed by atoms with Gasteiger partial charge in [0, 0.05) is 0 Å². The second-order valence-electron chi connectivity index (χ2n) is 10.3. The van der Waals surface area contributed by atoms with Crippen LogP contribution in [0.25, 0.3) is 0 Å². The minimum Gasteiger partial charge on any atom is -0.373 e. The van der Waals surface area contributed by atoms with Gasteiger partial charge in [0.05, 0.1) is 25.4 Å². The molecule has 0 saturated carbocycles. The highest BCUT2D eigenvalue weighted by Crippen LogP contribution is 2.20. The maximum absolute atomic E-state index is 5.26. The Hall–Kier alpha value is -0.0800. The van der Waals surface area contributed by atoms with Crippen LogP contribution in [0.3, 0.4) is 0 Å². The fourth-order valence-corrected chi connectivity index (χ4v) is 4.75. The second kappa shape index (κ2) is 19.6. The van der Waals surface area contributed by atoms with E-state index < -0.39 is 0 Å². The lowest BCUT2D eigenvalue weighted by molar-refractivity contribution is 0.387. The number of hydrogen-bond acceptors (Lipinski definition) is 2. The normalized spacial score (nSPS) is 20.0.